The van der Waals surface area contributed by atoms with Crippen LogP contribution in [0.1, 0.15) is 104 Å². The van der Waals surface area contributed by atoms with E-state index in [0.717, 1.165) is 44.4 Å². The number of hydrogen-bond donors (Lipinski definition) is 1. The Kier molecular flexibility index (Phi) is 14.0. The van der Waals surface area contributed by atoms with Crippen molar-refractivity contribution >= 4 is 5.91 Å². The van der Waals surface area contributed by atoms with E-state index in [2.05, 4.69) is 35.8 Å². The Labute approximate surface area is 212 Å². The van der Waals surface area contributed by atoms with Crippen molar-refractivity contribution in [1.29, 1.82) is 0 Å². The number of nitrogens with one attached hydrogen (secondary N) is 1. The zero-order chi connectivity index (χ0) is 25.2. The van der Waals surface area contributed by atoms with Crippen LogP contribution in [-0.2, 0) is 11.3 Å². The van der Waals surface area contributed by atoms with Gasteiger partial charge in [0.05, 0.1) is 12.9 Å². The molecule has 0 spiro atoms. The summed E-state index contributed by atoms with van der Waals surface area (Å²) in [5, 5.41) is 0. The van der Waals surface area contributed by atoms with Gasteiger partial charge in [-0.05, 0) is 61.8 Å². The van der Waals surface area contributed by atoms with E-state index < -0.39 is 0 Å². The summed E-state index contributed by atoms with van der Waals surface area (Å²) in [6.07, 6.45) is 20.5. The number of hydroxylamine groups is 1. The molecule has 0 unspecified atom stereocenters. The lowest BCUT2D eigenvalue weighted by Crippen LogP contribution is -2.26. The highest BCUT2D eigenvalue weighted by atomic mass is 16.7. The minimum absolute atomic E-state index is 0.0665. The Morgan fingerprint density at radius 3 is 2.14 bits per heavy atom. The number of imidazole rings is 1. The smallest absolute Gasteiger partial charge is 0.252 e. The van der Waals surface area contributed by atoms with Crippen molar-refractivity contribution in [2.75, 3.05) is 6.61 Å². The number of unbranched alkanes of at least 4 members (excludes halogenated alkanes) is 9. The molecule has 1 aromatic heterocycles. The van der Waals surface area contributed by atoms with Gasteiger partial charge in [0, 0.05) is 25.4 Å². The molecule has 2 rings (SSSR count). The summed E-state index contributed by atoms with van der Waals surface area (Å²) in [6.45, 7) is 8.63. The van der Waals surface area contributed by atoms with Gasteiger partial charge in [-0.25, -0.2) is 4.98 Å². The molecule has 6 nitrogen and oxygen atoms in total. The number of benzene rings is 1. The largest absolute Gasteiger partial charge is 0.494 e. The predicted molar refractivity (Wildman–Crippen MR) is 142 cm³/mol. The van der Waals surface area contributed by atoms with Gasteiger partial charge >= 0.3 is 0 Å². The molecule has 1 aromatic carbocycles. The number of ether oxygens (including phenoxy) is 1. The third kappa shape index (κ3) is 15.2. The van der Waals surface area contributed by atoms with Crippen LogP contribution in [0.4, 0.5) is 0 Å². The number of rotatable bonds is 19. The molecule has 0 fully saturated rings. The van der Waals surface area contributed by atoms with E-state index in [-0.39, 0.29) is 5.91 Å². The Bertz CT molecular complexity index is 783. The summed E-state index contributed by atoms with van der Waals surface area (Å²) < 4.78 is 7.88. The molecule has 0 aliphatic heterocycles. The van der Waals surface area contributed by atoms with Crippen LogP contribution in [-0.4, -0.2) is 22.1 Å². The van der Waals surface area contributed by atoms with E-state index in [9.17, 15) is 4.79 Å². The first-order chi connectivity index (χ1) is 16.9. The number of aromatic nitrogens is 2. The quantitative estimate of drug-likeness (QED) is 0.165. The standard InChI is InChI=1S/C29H47N3O3/c1-29(2,3)20-12-9-7-5-4-6-8-11-15-28(33)31-35-27-18-16-26(17-19-27)34-24-14-10-13-22-32-23-21-30-25-32/h16-19,21,23,25H,4-15,20,22,24H2,1-3H3,(H,31,33). The highest BCUT2D eigenvalue weighted by Gasteiger charge is 2.08. The monoisotopic (exact) mass is 485 g/mol. The Morgan fingerprint density at radius 2 is 1.49 bits per heavy atom. The fourth-order valence-electron chi connectivity index (χ4n) is 3.95. The first-order valence-corrected chi connectivity index (χ1v) is 13.6. The highest BCUT2D eigenvalue weighted by Crippen LogP contribution is 2.22. The van der Waals surface area contributed by atoms with Crippen LogP contribution in [0.25, 0.3) is 0 Å². The van der Waals surface area contributed by atoms with Crippen LogP contribution >= 0.6 is 0 Å². The minimum atomic E-state index is -0.0665. The van der Waals surface area contributed by atoms with E-state index in [1.807, 2.05) is 36.8 Å². The second-order valence-corrected chi connectivity index (χ2v) is 10.7. The van der Waals surface area contributed by atoms with Crippen LogP contribution in [0.5, 0.6) is 11.5 Å². The van der Waals surface area contributed by atoms with Gasteiger partial charge in [-0.3, -0.25) is 4.79 Å². The van der Waals surface area contributed by atoms with Crippen LogP contribution in [0.3, 0.4) is 0 Å². The zero-order valence-corrected chi connectivity index (χ0v) is 22.3. The van der Waals surface area contributed by atoms with Gasteiger partial charge in [0.1, 0.15) is 5.75 Å². The third-order valence-electron chi connectivity index (χ3n) is 6.08. The fraction of sp³-hybridized carbons (Fsp3) is 0.655. The van der Waals surface area contributed by atoms with Crippen molar-refractivity contribution in [2.45, 2.75) is 111 Å². The maximum Gasteiger partial charge on any atom is 0.252 e. The molecule has 1 amide bonds. The molecular weight excluding hydrogens is 438 g/mol. The zero-order valence-electron chi connectivity index (χ0n) is 22.3. The van der Waals surface area contributed by atoms with Crippen molar-refractivity contribution in [1.82, 2.24) is 15.0 Å². The number of hydrogen-bond acceptors (Lipinski definition) is 4. The number of carbonyl (C=O) groups excluding carboxylic acids is 1. The predicted octanol–water partition coefficient (Wildman–Crippen LogP) is 7.49. The molecule has 0 saturated heterocycles. The molecular formula is C29H47N3O3. The van der Waals surface area contributed by atoms with Crippen molar-refractivity contribution in [3.8, 4) is 11.5 Å². The minimum Gasteiger partial charge on any atom is -0.494 e. The molecule has 0 saturated carbocycles. The van der Waals surface area contributed by atoms with E-state index in [1.54, 1.807) is 6.20 Å². The molecule has 0 radical (unpaired) electrons. The average Bonchev–Trinajstić information content (AvgIpc) is 3.35. The van der Waals surface area contributed by atoms with Crippen LogP contribution < -0.4 is 15.1 Å². The summed E-state index contributed by atoms with van der Waals surface area (Å²) in [5.41, 5.74) is 3.01. The Hall–Kier alpha value is -2.50. The molecule has 2 aromatic rings. The first-order valence-electron chi connectivity index (χ1n) is 13.6. The van der Waals surface area contributed by atoms with Gasteiger partial charge in [0.15, 0.2) is 5.75 Å². The summed E-state index contributed by atoms with van der Waals surface area (Å²) >= 11 is 0. The average molecular weight is 486 g/mol. The molecule has 35 heavy (non-hydrogen) atoms. The number of amides is 1. The number of carbonyl (C=O) groups is 1. The van der Waals surface area contributed by atoms with Crippen LogP contribution in [0.2, 0.25) is 0 Å². The molecule has 196 valence electrons. The van der Waals surface area contributed by atoms with Gasteiger partial charge in [-0.15, -0.1) is 0 Å². The van der Waals surface area contributed by atoms with Crippen molar-refractivity contribution in [2.24, 2.45) is 5.41 Å². The summed E-state index contributed by atoms with van der Waals surface area (Å²) in [7, 11) is 0. The first kappa shape index (κ1) is 28.7. The van der Waals surface area contributed by atoms with E-state index >= 15 is 0 Å². The third-order valence-corrected chi connectivity index (χ3v) is 6.08. The second-order valence-electron chi connectivity index (χ2n) is 10.7. The van der Waals surface area contributed by atoms with Gasteiger partial charge in [0.2, 0.25) is 0 Å². The Morgan fingerprint density at radius 1 is 0.857 bits per heavy atom. The van der Waals surface area contributed by atoms with E-state index in [1.165, 1.54) is 44.9 Å². The molecule has 1 N–H and O–H groups in total. The lowest BCUT2D eigenvalue weighted by Gasteiger charge is -2.17. The van der Waals surface area contributed by atoms with Crippen LogP contribution in [0.15, 0.2) is 43.0 Å². The maximum absolute atomic E-state index is 12.0. The summed E-state index contributed by atoms with van der Waals surface area (Å²) in [6, 6.07) is 7.37. The lowest BCUT2D eigenvalue weighted by molar-refractivity contribution is -0.127. The second kappa shape index (κ2) is 17.0. The highest BCUT2D eigenvalue weighted by molar-refractivity contribution is 5.74. The van der Waals surface area contributed by atoms with Gasteiger partial charge in [0.25, 0.3) is 5.91 Å². The van der Waals surface area contributed by atoms with E-state index in [4.69, 9.17) is 9.57 Å². The van der Waals surface area contributed by atoms with Crippen LogP contribution in [0, 0.1) is 5.41 Å². The molecule has 0 bridgehead atoms. The van der Waals surface area contributed by atoms with Gasteiger partial charge in [-0.2, -0.15) is 5.48 Å². The number of nitrogens with zero attached hydrogens (tertiary/aromatic N) is 2. The van der Waals surface area contributed by atoms with Crippen molar-refractivity contribution in [3.05, 3.63) is 43.0 Å². The van der Waals surface area contributed by atoms with Gasteiger partial charge in [-0.1, -0.05) is 65.7 Å². The topological polar surface area (TPSA) is 65.4 Å². The fourth-order valence-corrected chi connectivity index (χ4v) is 3.95. The number of aryl methyl sites for hydroxylation is 1. The summed E-state index contributed by atoms with van der Waals surface area (Å²) in [5.74, 6) is 1.35. The Balaban J connectivity index is 1.41. The lowest BCUT2D eigenvalue weighted by atomic mass is 9.89. The van der Waals surface area contributed by atoms with E-state index in [0.29, 0.717) is 24.2 Å². The normalized spacial score (nSPS) is 11.4. The van der Waals surface area contributed by atoms with Crippen molar-refractivity contribution in [3.63, 3.8) is 0 Å². The molecule has 1 heterocycles. The molecule has 0 aliphatic rings. The molecule has 6 heteroatoms. The molecule has 0 aliphatic carbocycles. The van der Waals surface area contributed by atoms with Crippen molar-refractivity contribution < 1.29 is 14.4 Å². The molecule has 0 atom stereocenters. The van der Waals surface area contributed by atoms with Gasteiger partial charge < -0.3 is 14.1 Å². The maximum atomic E-state index is 12.0. The summed E-state index contributed by atoms with van der Waals surface area (Å²) in [4.78, 5) is 21.5. The SMILES string of the molecule is CC(C)(C)CCCCCCCCCCC(=O)NOc1ccc(OCCCCCn2ccnc2)cc1.